The van der Waals surface area contributed by atoms with Crippen LogP contribution in [-0.4, -0.2) is 26.8 Å². The third-order valence-electron chi connectivity index (χ3n) is 3.82. The number of urea groups is 1. The van der Waals surface area contributed by atoms with Gasteiger partial charge in [0.05, 0.1) is 5.69 Å². The van der Waals surface area contributed by atoms with E-state index in [1.54, 1.807) is 4.68 Å². The molecular formula is C17H24N4O. The molecule has 0 bridgehead atoms. The molecule has 0 aliphatic rings. The third-order valence-corrected chi connectivity index (χ3v) is 3.82. The minimum absolute atomic E-state index is 0.0961. The highest BCUT2D eigenvalue weighted by molar-refractivity contribution is 5.88. The summed E-state index contributed by atoms with van der Waals surface area (Å²) < 4.78 is 1.69. The van der Waals surface area contributed by atoms with E-state index >= 15 is 0 Å². The Morgan fingerprint density at radius 2 is 2.05 bits per heavy atom. The molecule has 1 aromatic heterocycles. The van der Waals surface area contributed by atoms with E-state index in [-0.39, 0.29) is 12.1 Å². The Balaban J connectivity index is 2.14. The molecule has 0 aliphatic heterocycles. The fourth-order valence-corrected chi connectivity index (χ4v) is 2.34. The highest BCUT2D eigenvalue weighted by Gasteiger charge is 2.20. The quantitative estimate of drug-likeness (QED) is 0.918. The highest BCUT2D eigenvalue weighted by Crippen LogP contribution is 2.14. The predicted molar refractivity (Wildman–Crippen MR) is 88.7 cm³/mol. The van der Waals surface area contributed by atoms with Gasteiger partial charge in [0.25, 0.3) is 0 Å². The summed E-state index contributed by atoms with van der Waals surface area (Å²) in [6.45, 7) is 6.66. The summed E-state index contributed by atoms with van der Waals surface area (Å²) in [6.07, 6.45) is 0.907. The lowest BCUT2D eigenvalue weighted by molar-refractivity contribution is 0.187. The molecule has 0 aliphatic carbocycles. The number of rotatable bonds is 5. The molecule has 0 radical (unpaired) electrons. The minimum atomic E-state index is -0.0961. The molecule has 2 amide bonds. The van der Waals surface area contributed by atoms with Gasteiger partial charge in [-0.05, 0) is 25.8 Å². The van der Waals surface area contributed by atoms with Crippen molar-refractivity contribution in [3.05, 3.63) is 47.7 Å². The molecule has 22 heavy (non-hydrogen) atoms. The molecule has 1 N–H and O–H groups in total. The topological polar surface area (TPSA) is 50.2 Å². The zero-order valence-corrected chi connectivity index (χ0v) is 13.7. The average Bonchev–Trinajstić information content (AvgIpc) is 2.82. The number of hydrogen-bond acceptors (Lipinski definition) is 2. The summed E-state index contributed by atoms with van der Waals surface area (Å²) in [7, 11) is 1.83. The molecule has 0 saturated carbocycles. The van der Waals surface area contributed by atoms with Gasteiger partial charge in [-0.1, -0.05) is 37.3 Å². The van der Waals surface area contributed by atoms with Crippen LogP contribution in [0.5, 0.6) is 0 Å². The van der Waals surface area contributed by atoms with Crippen molar-refractivity contribution in [1.29, 1.82) is 0 Å². The second-order valence-electron chi connectivity index (χ2n) is 5.60. The Morgan fingerprint density at radius 1 is 1.36 bits per heavy atom. The van der Waals surface area contributed by atoms with Crippen LogP contribution in [0.15, 0.2) is 36.4 Å². The van der Waals surface area contributed by atoms with Crippen LogP contribution < -0.4 is 5.32 Å². The smallest absolute Gasteiger partial charge is 0.317 e. The minimum Gasteiger partial charge on any atom is -0.317 e. The summed E-state index contributed by atoms with van der Waals surface area (Å²) in [5.74, 6) is 0.712. The van der Waals surface area contributed by atoms with Crippen molar-refractivity contribution in [3.8, 4) is 0 Å². The fourth-order valence-electron chi connectivity index (χ4n) is 2.34. The van der Waals surface area contributed by atoms with Crippen molar-refractivity contribution in [3.63, 3.8) is 0 Å². The Hall–Kier alpha value is -2.30. The molecule has 118 valence electrons. The largest absolute Gasteiger partial charge is 0.323 e. The van der Waals surface area contributed by atoms with E-state index in [4.69, 9.17) is 0 Å². The normalized spacial score (nSPS) is 12.0. The van der Waals surface area contributed by atoms with E-state index in [0.29, 0.717) is 12.4 Å². The Bertz CT molecular complexity index is 621. The van der Waals surface area contributed by atoms with E-state index in [9.17, 15) is 4.79 Å². The molecule has 0 fully saturated rings. The van der Waals surface area contributed by atoms with Crippen LogP contribution in [0.1, 0.15) is 31.5 Å². The maximum Gasteiger partial charge on any atom is 0.323 e. The van der Waals surface area contributed by atoms with Crippen molar-refractivity contribution in [2.45, 2.75) is 39.8 Å². The molecule has 0 saturated heterocycles. The van der Waals surface area contributed by atoms with Gasteiger partial charge in [-0.25, -0.2) is 4.79 Å². The van der Waals surface area contributed by atoms with Crippen molar-refractivity contribution in [1.82, 2.24) is 14.7 Å². The lowest BCUT2D eigenvalue weighted by atomic mass is 10.1. The second-order valence-corrected chi connectivity index (χ2v) is 5.60. The molecule has 2 rings (SSSR count). The van der Waals surface area contributed by atoms with Crippen molar-refractivity contribution >= 4 is 11.8 Å². The van der Waals surface area contributed by atoms with Crippen LogP contribution in [0, 0.1) is 6.92 Å². The molecule has 0 spiro atoms. The Labute approximate surface area is 131 Å². The summed E-state index contributed by atoms with van der Waals surface area (Å²) in [4.78, 5) is 14.5. The number of hydrogen-bond donors (Lipinski definition) is 1. The number of aromatic nitrogens is 2. The van der Waals surface area contributed by atoms with Crippen LogP contribution in [0.2, 0.25) is 0 Å². The highest BCUT2D eigenvalue weighted by atomic mass is 16.2. The van der Waals surface area contributed by atoms with Crippen LogP contribution in [-0.2, 0) is 13.6 Å². The maximum absolute atomic E-state index is 12.7. The molecule has 1 atom stereocenters. The van der Waals surface area contributed by atoms with Gasteiger partial charge in [0.1, 0.15) is 5.82 Å². The monoisotopic (exact) mass is 300 g/mol. The number of benzene rings is 1. The Kier molecular flexibility index (Phi) is 5.20. The number of amides is 2. The zero-order valence-electron chi connectivity index (χ0n) is 13.7. The van der Waals surface area contributed by atoms with Gasteiger partial charge >= 0.3 is 6.03 Å². The Morgan fingerprint density at radius 3 is 2.59 bits per heavy atom. The van der Waals surface area contributed by atoms with Gasteiger partial charge in [0.15, 0.2) is 0 Å². The molecule has 1 aromatic carbocycles. The van der Waals surface area contributed by atoms with Gasteiger partial charge in [0.2, 0.25) is 0 Å². The standard InChI is InChI=1S/C17H24N4O/c1-5-14(3)21(12-15-9-7-6-8-10-15)17(22)18-16-11-13(2)19-20(16)4/h6-11,14H,5,12H2,1-4H3,(H,18,22). The van der Waals surface area contributed by atoms with Crippen LogP contribution >= 0.6 is 0 Å². The zero-order chi connectivity index (χ0) is 16.1. The van der Waals surface area contributed by atoms with E-state index in [0.717, 1.165) is 17.7 Å². The molecule has 1 unspecified atom stereocenters. The fraction of sp³-hybridized carbons (Fsp3) is 0.412. The third kappa shape index (κ3) is 3.87. The first-order chi connectivity index (χ1) is 10.5. The first kappa shape index (κ1) is 16.1. The predicted octanol–water partition coefficient (Wildman–Crippen LogP) is 3.56. The van der Waals surface area contributed by atoms with E-state index in [2.05, 4.69) is 24.3 Å². The van der Waals surface area contributed by atoms with Gasteiger partial charge in [0, 0.05) is 25.7 Å². The van der Waals surface area contributed by atoms with Crippen molar-refractivity contribution in [2.75, 3.05) is 5.32 Å². The van der Waals surface area contributed by atoms with E-state index in [1.807, 2.05) is 55.3 Å². The number of aryl methyl sites for hydroxylation is 2. The molecule has 5 nitrogen and oxygen atoms in total. The number of nitrogens with one attached hydrogen (secondary N) is 1. The molecular weight excluding hydrogens is 276 g/mol. The number of carbonyl (C=O) groups excluding carboxylic acids is 1. The van der Waals surface area contributed by atoms with Gasteiger partial charge in [-0.3, -0.25) is 10.00 Å². The van der Waals surface area contributed by atoms with Crippen molar-refractivity contribution in [2.24, 2.45) is 7.05 Å². The summed E-state index contributed by atoms with van der Waals surface area (Å²) in [5.41, 5.74) is 2.01. The summed E-state index contributed by atoms with van der Waals surface area (Å²) in [5, 5.41) is 7.21. The lowest BCUT2D eigenvalue weighted by Crippen LogP contribution is -2.41. The SMILES string of the molecule is CCC(C)N(Cc1ccccc1)C(=O)Nc1cc(C)nn1C. The van der Waals surface area contributed by atoms with Crippen LogP contribution in [0.3, 0.4) is 0 Å². The molecule has 2 aromatic rings. The first-order valence-electron chi connectivity index (χ1n) is 7.63. The summed E-state index contributed by atoms with van der Waals surface area (Å²) in [6, 6.07) is 12.0. The number of carbonyl (C=O) groups is 1. The van der Waals surface area contributed by atoms with Crippen LogP contribution in [0.4, 0.5) is 10.6 Å². The van der Waals surface area contributed by atoms with Gasteiger partial charge < -0.3 is 4.90 Å². The number of anilines is 1. The number of nitrogens with zero attached hydrogens (tertiary/aromatic N) is 3. The summed E-state index contributed by atoms with van der Waals surface area (Å²) >= 11 is 0. The average molecular weight is 300 g/mol. The second kappa shape index (κ2) is 7.11. The van der Waals surface area contributed by atoms with E-state index in [1.165, 1.54) is 0 Å². The lowest BCUT2D eigenvalue weighted by Gasteiger charge is -2.28. The first-order valence-corrected chi connectivity index (χ1v) is 7.63. The van der Waals surface area contributed by atoms with Crippen LogP contribution in [0.25, 0.3) is 0 Å². The van der Waals surface area contributed by atoms with E-state index < -0.39 is 0 Å². The van der Waals surface area contributed by atoms with Crippen molar-refractivity contribution < 1.29 is 4.79 Å². The molecule has 1 heterocycles. The van der Waals surface area contributed by atoms with Gasteiger partial charge in [-0.2, -0.15) is 5.10 Å². The maximum atomic E-state index is 12.7. The van der Waals surface area contributed by atoms with Gasteiger partial charge in [-0.15, -0.1) is 0 Å². The molecule has 5 heteroatoms.